The van der Waals surface area contributed by atoms with Gasteiger partial charge in [-0.15, -0.1) is 13.2 Å². The van der Waals surface area contributed by atoms with Gasteiger partial charge in [-0.1, -0.05) is 56.0 Å². The van der Waals surface area contributed by atoms with Gasteiger partial charge in [0.2, 0.25) is 5.88 Å². The Kier molecular flexibility index (Phi) is 9.15. The van der Waals surface area contributed by atoms with E-state index in [1.807, 2.05) is 38.2 Å². The summed E-state index contributed by atoms with van der Waals surface area (Å²) in [5.41, 5.74) is 1.40. The Morgan fingerprint density at radius 3 is 2.54 bits per heavy atom. The smallest absolute Gasteiger partial charge is 0.437 e. The molecule has 0 saturated carbocycles. The molecule has 1 aromatic heterocycles. The number of nitrogens with zero attached hydrogens (tertiary/aromatic N) is 2. The number of halogens is 3. The highest BCUT2D eigenvalue weighted by atomic mass is 19.4. The second kappa shape index (κ2) is 12.5. The third kappa shape index (κ3) is 8.31. The van der Waals surface area contributed by atoms with Crippen LogP contribution in [0.25, 0.3) is 0 Å². The monoisotopic (exact) mass is 512 g/mol. The van der Waals surface area contributed by atoms with Crippen molar-refractivity contribution < 1.29 is 27.4 Å². The Morgan fingerprint density at radius 1 is 1.14 bits per heavy atom. The zero-order valence-electron chi connectivity index (χ0n) is 20.3. The number of hydrogen-bond acceptors (Lipinski definition) is 4. The first kappa shape index (κ1) is 27.1. The van der Waals surface area contributed by atoms with Crippen LogP contribution in [0.5, 0.6) is 17.4 Å². The predicted molar refractivity (Wildman–Crippen MR) is 137 cm³/mol. The number of rotatable bonds is 10. The molecule has 10 heteroatoms. The summed E-state index contributed by atoms with van der Waals surface area (Å²) in [4.78, 5) is 12.6. The summed E-state index contributed by atoms with van der Waals surface area (Å²) < 4.78 is 48.7. The molecule has 0 saturated heterocycles. The van der Waals surface area contributed by atoms with Gasteiger partial charge in [0.25, 0.3) is 0 Å². The average Bonchev–Trinajstić information content (AvgIpc) is 3.20. The summed E-state index contributed by atoms with van der Waals surface area (Å²) in [5, 5.41) is 9.83. The van der Waals surface area contributed by atoms with Crippen molar-refractivity contribution >= 4 is 17.4 Å². The molecule has 2 aromatic carbocycles. The number of alkyl halides is 3. The van der Waals surface area contributed by atoms with Crippen LogP contribution in [0.15, 0.2) is 91.6 Å². The lowest BCUT2D eigenvalue weighted by Crippen LogP contribution is -2.20. The zero-order chi connectivity index (χ0) is 26.8. The van der Waals surface area contributed by atoms with E-state index in [0.717, 1.165) is 24.2 Å². The molecule has 0 aliphatic rings. The molecule has 194 valence electrons. The van der Waals surface area contributed by atoms with Crippen LogP contribution in [0, 0.1) is 6.92 Å². The Balaban J connectivity index is 1.76. The molecule has 2 amide bonds. The number of anilines is 2. The van der Waals surface area contributed by atoms with E-state index >= 15 is 0 Å². The standard InChI is InChI=1S/C27H27F3N4O3/c1-4-6-10-21(11-7-5-2)34-25(18-19(3)33-34)36-24-13-9-8-12-23(24)32-26(35)31-20-14-16-22(17-15-20)37-27(28,29)30/h4,6-18,21H,1,5H2,2-3H3,(H2,31,32,35)/b10-6?,11-7-. The van der Waals surface area contributed by atoms with Gasteiger partial charge in [-0.25, -0.2) is 9.48 Å². The highest BCUT2D eigenvalue weighted by molar-refractivity contribution is 6.00. The van der Waals surface area contributed by atoms with E-state index in [2.05, 4.69) is 27.0 Å². The molecule has 3 rings (SSSR count). The van der Waals surface area contributed by atoms with Gasteiger partial charge in [-0.3, -0.25) is 0 Å². The highest BCUT2D eigenvalue weighted by Crippen LogP contribution is 2.32. The summed E-state index contributed by atoms with van der Waals surface area (Å²) >= 11 is 0. The number of hydrogen-bond donors (Lipinski definition) is 2. The normalized spacial score (nSPS) is 12.5. The van der Waals surface area contributed by atoms with Crippen molar-refractivity contribution in [1.29, 1.82) is 0 Å². The summed E-state index contributed by atoms with van der Waals surface area (Å²) in [6, 6.07) is 12.6. The summed E-state index contributed by atoms with van der Waals surface area (Å²) in [5.74, 6) is 0.449. The van der Waals surface area contributed by atoms with Crippen molar-refractivity contribution in [3.05, 3.63) is 97.3 Å². The fraction of sp³-hybridized carbons (Fsp3) is 0.185. The first-order valence-electron chi connectivity index (χ1n) is 11.4. The molecule has 0 aliphatic heterocycles. The topological polar surface area (TPSA) is 77.4 Å². The number of aryl methyl sites for hydroxylation is 1. The van der Waals surface area contributed by atoms with E-state index in [0.29, 0.717) is 17.3 Å². The molecule has 37 heavy (non-hydrogen) atoms. The Bertz CT molecular complexity index is 1260. The van der Waals surface area contributed by atoms with Crippen molar-refractivity contribution in [2.45, 2.75) is 32.7 Å². The highest BCUT2D eigenvalue weighted by Gasteiger charge is 2.31. The lowest BCUT2D eigenvalue weighted by atomic mass is 10.2. The van der Waals surface area contributed by atoms with Gasteiger partial charge in [0.05, 0.1) is 17.4 Å². The fourth-order valence-corrected chi connectivity index (χ4v) is 3.27. The van der Waals surface area contributed by atoms with Crippen LogP contribution in [-0.4, -0.2) is 22.2 Å². The minimum atomic E-state index is -4.79. The first-order chi connectivity index (χ1) is 17.7. The van der Waals surface area contributed by atoms with Crippen molar-refractivity contribution in [1.82, 2.24) is 9.78 Å². The van der Waals surface area contributed by atoms with E-state index in [1.165, 1.54) is 12.1 Å². The summed E-state index contributed by atoms with van der Waals surface area (Å²) in [6.45, 7) is 7.61. The van der Waals surface area contributed by atoms with Gasteiger partial charge in [0.15, 0.2) is 5.75 Å². The van der Waals surface area contributed by atoms with Gasteiger partial charge >= 0.3 is 12.4 Å². The van der Waals surface area contributed by atoms with Crippen LogP contribution in [0.4, 0.5) is 29.3 Å². The van der Waals surface area contributed by atoms with Gasteiger partial charge < -0.3 is 20.1 Å². The first-order valence-corrected chi connectivity index (χ1v) is 11.4. The molecule has 3 aromatic rings. The van der Waals surface area contributed by atoms with E-state index in [9.17, 15) is 18.0 Å². The zero-order valence-corrected chi connectivity index (χ0v) is 20.3. The minimum Gasteiger partial charge on any atom is -0.437 e. The molecule has 1 atom stereocenters. The van der Waals surface area contributed by atoms with Crippen LogP contribution in [-0.2, 0) is 0 Å². The maximum Gasteiger partial charge on any atom is 0.573 e. The number of urea groups is 1. The number of benzene rings is 2. The molecule has 0 aliphatic carbocycles. The number of allylic oxidation sites excluding steroid dienone is 5. The number of carbonyl (C=O) groups excluding carboxylic acids is 1. The van der Waals surface area contributed by atoms with Crippen LogP contribution < -0.4 is 20.1 Å². The number of ether oxygens (including phenoxy) is 2. The Morgan fingerprint density at radius 2 is 1.86 bits per heavy atom. The maximum absolute atomic E-state index is 12.6. The Labute approximate surface area is 212 Å². The molecule has 0 bridgehead atoms. The van der Waals surface area contributed by atoms with Gasteiger partial charge in [-0.05, 0) is 49.7 Å². The van der Waals surface area contributed by atoms with Crippen molar-refractivity contribution in [3.63, 3.8) is 0 Å². The molecular formula is C27H27F3N4O3. The Hall–Kier alpha value is -4.47. The van der Waals surface area contributed by atoms with Gasteiger partial charge in [0.1, 0.15) is 5.75 Å². The van der Waals surface area contributed by atoms with Crippen LogP contribution in [0.1, 0.15) is 25.1 Å². The number of aromatic nitrogens is 2. The molecule has 7 nitrogen and oxygen atoms in total. The molecular weight excluding hydrogens is 485 g/mol. The third-order valence-corrected chi connectivity index (χ3v) is 4.81. The lowest BCUT2D eigenvalue weighted by molar-refractivity contribution is -0.274. The molecule has 0 spiro atoms. The average molecular weight is 513 g/mol. The van der Waals surface area contributed by atoms with E-state index in [-0.39, 0.29) is 17.5 Å². The fourth-order valence-electron chi connectivity index (χ4n) is 3.27. The van der Waals surface area contributed by atoms with Crippen molar-refractivity contribution in [3.8, 4) is 17.4 Å². The predicted octanol–water partition coefficient (Wildman–Crippen LogP) is 7.78. The molecule has 1 heterocycles. The molecule has 2 N–H and O–H groups in total. The SMILES string of the molecule is C=CC=CC(/C=C\CC)n1nc(C)cc1Oc1ccccc1NC(=O)Nc1ccc(OC(F)(F)F)cc1. The molecule has 0 radical (unpaired) electrons. The van der Waals surface area contributed by atoms with Crippen molar-refractivity contribution in [2.75, 3.05) is 10.6 Å². The van der Waals surface area contributed by atoms with Crippen LogP contribution in [0.2, 0.25) is 0 Å². The number of carbonyl (C=O) groups is 1. The lowest BCUT2D eigenvalue weighted by Gasteiger charge is -2.16. The second-order valence-corrected chi connectivity index (χ2v) is 7.77. The number of para-hydroxylation sites is 2. The van der Waals surface area contributed by atoms with E-state index in [1.54, 1.807) is 41.1 Å². The third-order valence-electron chi connectivity index (χ3n) is 4.81. The minimum absolute atomic E-state index is 0.214. The summed E-state index contributed by atoms with van der Waals surface area (Å²) in [6.07, 6.45) is 5.53. The number of nitrogens with one attached hydrogen (secondary N) is 2. The number of amides is 2. The van der Waals surface area contributed by atoms with Crippen LogP contribution in [0.3, 0.4) is 0 Å². The molecule has 1 unspecified atom stereocenters. The van der Waals surface area contributed by atoms with Crippen LogP contribution >= 0.6 is 0 Å². The molecule has 0 fully saturated rings. The van der Waals surface area contributed by atoms with Crippen molar-refractivity contribution in [2.24, 2.45) is 0 Å². The van der Waals surface area contributed by atoms with E-state index in [4.69, 9.17) is 4.74 Å². The van der Waals surface area contributed by atoms with Gasteiger partial charge in [0, 0.05) is 11.8 Å². The largest absolute Gasteiger partial charge is 0.573 e. The van der Waals surface area contributed by atoms with E-state index < -0.39 is 12.4 Å². The summed E-state index contributed by atoms with van der Waals surface area (Å²) in [7, 11) is 0. The van der Waals surface area contributed by atoms with Gasteiger partial charge in [-0.2, -0.15) is 5.10 Å². The maximum atomic E-state index is 12.6. The second-order valence-electron chi connectivity index (χ2n) is 7.77. The quantitative estimate of drug-likeness (QED) is 0.215.